The molecular weight excluding hydrogens is 160 g/mol. The molecule has 0 amide bonds. The van der Waals surface area contributed by atoms with E-state index in [-0.39, 0.29) is 6.61 Å². The number of rotatable bonds is 7. The summed E-state index contributed by atoms with van der Waals surface area (Å²) in [6, 6.07) is 0. The maximum absolute atomic E-state index is 8.45. The first-order valence-electron chi connectivity index (χ1n) is 5.07. The van der Waals surface area contributed by atoms with Gasteiger partial charge >= 0.3 is 0 Å². The van der Waals surface area contributed by atoms with Gasteiger partial charge in [0, 0.05) is 0 Å². The van der Waals surface area contributed by atoms with E-state index in [1.165, 1.54) is 12.8 Å². The van der Waals surface area contributed by atoms with E-state index >= 15 is 0 Å². The van der Waals surface area contributed by atoms with Crippen molar-refractivity contribution < 1.29 is 5.11 Å². The van der Waals surface area contributed by atoms with E-state index in [0.717, 1.165) is 19.3 Å². The van der Waals surface area contributed by atoms with Crippen molar-refractivity contribution in [3.05, 3.63) is 30.0 Å². The van der Waals surface area contributed by atoms with Crippen molar-refractivity contribution in [1.29, 1.82) is 0 Å². The molecule has 0 bridgehead atoms. The minimum Gasteiger partial charge on any atom is -0.392 e. The van der Waals surface area contributed by atoms with Crippen LogP contribution in [0.4, 0.5) is 0 Å². The maximum Gasteiger partial charge on any atom is 0.0612 e. The number of allylic oxidation sites excluding steroid dienone is 2. The van der Waals surface area contributed by atoms with E-state index < -0.39 is 0 Å². The fourth-order valence-electron chi connectivity index (χ4n) is 0.928. The fourth-order valence-corrected chi connectivity index (χ4v) is 0.928. The summed E-state index contributed by atoms with van der Waals surface area (Å²) in [7, 11) is 0. The highest BCUT2D eigenvalue weighted by Crippen LogP contribution is 1.95. The molecule has 0 aliphatic carbocycles. The van der Waals surface area contributed by atoms with Crippen molar-refractivity contribution in [3.8, 4) is 0 Å². The van der Waals surface area contributed by atoms with E-state index in [9.17, 15) is 0 Å². The van der Waals surface area contributed by atoms with Gasteiger partial charge in [0.1, 0.15) is 0 Å². The molecule has 0 heterocycles. The first-order valence-corrected chi connectivity index (χ1v) is 5.07. The molecule has 0 aliphatic heterocycles. The highest BCUT2D eigenvalue weighted by molar-refractivity contribution is 4.88. The Morgan fingerprint density at radius 1 is 1.08 bits per heavy atom. The zero-order chi connectivity index (χ0) is 9.78. The average Bonchev–Trinajstić information content (AvgIpc) is 2.16. The third-order valence-corrected chi connectivity index (χ3v) is 1.69. The minimum atomic E-state index is 0.149. The van der Waals surface area contributed by atoms with Crippen molar-refractivity contribution in [1.82, 2.24) is 0 Å². The zero-order valence-corrected chi connectivity index (χ0v) is 8.50. The Bertz CT molecular complexity index is 174. The van der Waals surface area contributed by atoms with Gasteiger partial charge in [-0.15, -0.1) is 5.73 Å². The molecule has 0 fully saturated rings. The van der Waals surface area contributed by atoms with E-state index in [0.29, 0.717) is 0 Å². The summed E-state index contributed by atoms with van der Waals surface area (Å²) >= 11 is 0. The average molecular weight is 180 g/mol. The largest absolute Gasteiger partial charge is 0.392 e. The predicted molar refractivity (Wildman–Crippen MR) is 57.6 cm³/mol. The van der Waals surface area contributed by atoms with Crippen LogP contribution in [0, 0.1) is 0 Å². The number of hydrogen-bond donors (Lipinski definition) is 1. The number of aliphatic hydroxyl groups is 1. The lowest BCUT2D eigenvalue weighted by atomic mass is 10.2. The molecule has 13 heavy (non-hydrogen) atoms. The van der Waals surface area contributed by atoms with Gasteiger partial charge in [-0.25, -0.2) is 0 Å². The molecule has 0 aromatic rings. The van der Waals surface area contributed by atoms with Gasteiger partial charge < -0.3 is 5.11 Å². The highest BCUT2D eigenvalue weighted by Gasteiger charge is 1.76. The maximum atomic E-state index is 8.45. The lowest BCUT2D eigenvalue weighted by Gasteiger charge is -1.85. The molecule has 0 atom stereocenters. The fraction of sp³-hybridized carbons (Fsp3) is 0.583. The van der Waals surface area contributed by atoms with Gasteiger partial charge in [0.25, 0.3) is 0 Å². The topological polar surface area (TPSA) is 20.2 Å². The summed E-state index contributed by atoms with van der Waals surface area (Å²) in [5, 5.41) is 8.45. The van der Waals surface area contributed by atoms with Crippen LogP contribution in [-0.4, -0.2) is 11.7 Å². The van der Waals surface area contributed by atoms with Crippen LogP contribution in [0.3, 0.4) is 0 Å². The second-order valence-electron chi connectivity index (χ2n) is 2.95. The summed E-state index contributed by atoms with van der Waals surface area (Å²) in [6.07, 6.45) is 13.6. The summed E-state index contributed by atoms with van der Waals surface area (Å²) in [4.78, 5) is 0. The van der Waals surface area contributed by atoms with E-state index in [4.69, 9.17) is 5.11 Å². The van der Waals surface area contributed by atoms with Crippen LogP contribution < -0.4 is 0 Å². The van der Waals surface area contributed by atoms with Crippen molar-refractivity contribution >= 4 is 0 Å². The molecule has 0 aromatic carbocycles. The molecule has 0 saturated heterocycles. The first kappa shape index (κ1) is 12.2. The SMILES string of the molecule is CCCCC=C=CCC/C=C/CO. The van der Waals surface area contributed by atoms with Gasteiger partial charge in [-0.3, -0.25) is 0 Å². The van der Waals surface area contributed by atoms with Gasteiger partial charge in [0.15, 0.2) is 0 Å². The van der Waals surface area contributed by atoms with Crippen LogP contribution in [-0.2, 0) is 0 Å². The Kier molecular flexibility index (Phi) is 10.5. The smallest absolute Gasteiger partial charge is 0.0612 e. The minimum absolute atomic E-state index is 0.149. The van der Waals surface area contributed by atoms with Crippen LogP contribution in [0.15, 0.2) is 30.0 Å². The zero-order valence-electron chi connectivity index (χ0n) is 8.50. The molecule has 0 rings (SSSR count). The van der Waals surface area contributed by atoms with E-state index in [1.807, 2.05) is 6.08 Å². The highest BCUT2D eigenvalue weighted by atomic mass is 16.2. The monoisotopic (exact) mass is 180 g/mol. The van der Waals surface area contributed by atoms with E-state index in [2.05, 4.69) is 24.8 Å². The van der Waals surface area contributed by atoms with Crippen LogP contribution in [0.5, 0.6) is 0 Å². The molecule has 0 radical (unpaired) electrons. The van der Waals surface area contributed by atoms with Crippen LogP contribution in [0.2, 0.25) is 0 Å². The van der Waals surface area contributed by atoms with Crippen molar-refractivity contribution in [3.63, 3.8) is 0 Å². The molecular formula is C12H20O. The quantitative estimate of drug-likeness (QED) is 0.362. The number of unbranched alkanes of at least 4 members (excludes halogenated alkanes) is 3. The van der Waals surface area contributed by atoms with Gasteiger partial charge in [0.05, 0.1) is 6.61 Å². The Morgan fingerprint density at radius 3 is 2.54 bits per heavy atom. The third kappa shape index (κ3) is 11.2. The molecule has 0 saturated carbocycles. The second kappa shape index (κ2) is 11.2. The summed E-state index contributed by atoms with van der Waals surface area (Å²) in [6.45, 7) is 2.34. The molecule has 1 nitrogen and oxygen atoms in total. The van der Waals surface area contributed by atoms with E-state index in [1.54, 1.807) is 6.08 Å². The Morgan fingerprint density at radius 2 is 1.85 bits per heavy atom. The molecule has 0 unspecified atom stereocenters. The van der Waals surface area contributed by atoms with Crippen molar-refractivity contribution in [2.24, 2.45) is 0 Å². The van der Waals surface area contributed by atoms with Gasteiger partial charge in [0.2, 0.25) is 0 Å². The standard InChI is InChI=1S/C12H20O/c1-2-3-4-5-6-7-8-9-10-11-12-13/h5,7,10-11,13H,2-4,8-9,12H2,1H3/b11-10+. The van der Waals surface area contributed by atoms with Crippen LogP contribution in [0.25, 0.3) is 0 Å². The van der Waals surface area contributed by atoms with Crippen LogP contribution >= 0.6 is 0 Å². The molecule has 0 spiro atoms. The number of hydrogen-bond acceptors (Lipinski definition) is 1. The first-order chi connectivity index (χ1) is 6.41. The second-order valence-corrected chi connectivity index (χ2v) is 2.95. The lowest BCUT2D eigenvalue weighted by Crippen LogP contribution is -1.70. The summed E-state index contributed by atoms with van der Waals surface area (Å²) in [5.41, 5.74) is 3.15. The van der Waals surface area contributed by atoms with Crippen molar-refractivity contribution in [2.75, 3.05) is 6.61 Å². The Hall–Kier alpha value is -0.780. The summed E-state index contributed by atoms with van der Waals surface area (Å²) < 4.78 is 0. The lowest BCUT2D eigenvalue weighted by molar-refractivity contribution is 0.342. The third-order valence-electron chi connectivity index (χ3n) is 1.69. The predicted octanol–water partition coefficient (Wildman–Crippen LogP) is 3.22. The molecule has 1 heteroatoms. The molecule has 0 aromatic heterocycles. The summed E-state index contributed by atoms with van der Waals surface area (Å²) in [5.74, 6) is 0. The van der Waals surface area contributed by atoms with Crippen molar-refractivity contribution in [2.45, 2.75) is 39.0 Å². The van der Waals surface area contributed by atoms with Crippen LogP contribution in [0.1, 0.15) is 39.0 Å². The Labute approximate surface area is 81.5 Å². The molecule has 1 N–H and O–H groups in total. The molecule has 0 aliphatic rings. The Balaban J connectivity index is 3.29. The number of aliphatic hydroxyl groups excluding tert-OH is 1. The van der Waals surface area contributed by atoms with Gasteiger partial charge in [-0.05, 0) is 37.8 Å². The van der Waals surface area contributed by atoms with Gasteiger partial charge in [-0.1, -0.05) is 25.5 Å². The van der Waals surface area contributed by atoms with Gasteiger partial charge in [-0.2, -0.15) is 0 Å². The normalized spacial score (nSPS) is 10.0. The molecule has 74 valence electrons.